The molecule has 1 amide bonds. The average Bonchev–Trinajstić information content (AvgIpc) is 3.54. The molecule has 38 heavy (non-hydrogen) atoms. The van der Waals surface area contributed by atoms with E-state index in [-0.39, 0.29) is 11.3 Å². The maximum absolute atomic E-state index is 13.3. The molecule has 3 aromatic rings. The van der Waals surface area contributed by atoms with Gasteiger partial charge in [0, 0.05) is 31.0 Å². The Balaban J connectivity index is 1.68. The number of nitrogens with zero attached hydrogens (tertiary/aromatic N) is 3. The van der Waals surface area contributed by atoms with Crippen LogP contribution in [0.3, 0.4) is 0 Å². The number of imidazole rings is 1. The number of aryl methyl sites for hydroxylation is 1. The summed E-state index contributed by atoms with van der Waals surface area (Å²) >= 11 is 0. The minimum absolute atomic E-state index is 0.0584. The molecule has 2 heterocycles. The first kappa shape index (κ1) is 26.7. The van der Waals surface area contributed by atoms with E-state index in [9.17, 15) is 14.7 Å². The Bertz CT molecular complexity index is 1280. The average molecular weight is 516 g/mol. The highest BCUT2D eigenvalue weighted by molar-refractivity contribution is 6.46. The van der Waals surface area contributed by atoms with Crippen LogP contribution in [0.4, 0.5) is 0 Å². The second kappa shape index (κ2) is 12.8. The normalized spacial score (nSPS) is 16.6. The molecule has 8 nitrogen and oxygen atoms in total. The van der Waals surface area contributed by atoms with Gasteiger partial charge in [-0.15, -0.1) is 0 Å². The number of carbonyl (C=O) groups excluding carboxylic acids is 2. The van der Waals surface area contributed by atoms with Crippen LogP contribution >= 0.6 is 0 Å². The van der Waals surface area contributed by atoms with Crippen LogP contribution < -0.4 is 9.47 Å². The van der Waals surface area contributed by atoms with Gasteiger partial charge in [-0.1, -0.05) is 50.3 Å². The Hall–Kier alpha value is -4.33. The Morgan fingerprint density at radius 1 is 1.08 bits per heavy atom. The fourth-order valence-electron chi connectivity index (χ4n) is 4.42. The van der Waals surface area contributed by atoms with Crippen LogP contribution in [-0.4, -0.2) is 51.0 Å². The van der Waals surface area contributed by atoms with Crippen molar-refractivity contribution in [1.29, 1.82) is 0 Å². The van der Waals surface area contributed by atoms with Gasteiger partial charge in [-0.05, 0) is 42.7 Å². The standard InChI is InChI=1S/C30H33N3O5/c1-3-5-19-38-25-9-6-8-23(20-25)28(34)26-27(22-10-12-24(13-11-22)37-18-4-2)33(30(36)29(26)35)16-7-15-32-17-14-31-21-32/h4,6,8-14,17,20-21,27,34H,2-3,5,7,15-16,18-19H2,1H3. The lowest BCUT2D eigenvalue weighted by Gasteiger charge is -2.25. The number of ether oxygens (including phenoxy) is 2. The summed E-state index contributed by atoms with van der Waals surface area (Å²) in [5.41, 5.74) is 1.18. The van der Waals surface area contributed by atoms with Crippen molar-refractivity contribution in [2.24, 2.45) is 0 Å². The maximum atomic E-state index is 13.3. The summed E-state index contributed by atoms with van der Waals surface area (Å²) in [5, 5.41) is 11.4. The summed E-state index contributed by atoms with van der Waals surface area (Å²) in [4.78, 5) is 32.1. The number of aromatic nitrogens is 2. The number of benzene rings is 2. The fraction of sp³-hybridized carbons (Fsp3) is 0.300. The molecule has 1 aliphatic heterocycles. The van der Waals surface area contributed by atoms with Gasteiger partial charge in [-0.25, -0.2) is 4.98 Å². The van der Waals surface area contributed by atoms with Crippen molar-refractivity contribution >= 4 is 17.4 Å². The summed E-state index contributed by atoms with van der Waals surface area (Å²) in [5.74, 6) is -0.331. The first-order valence-electron chi connectivity index (χ1n) is 12.8. The topological polar surface area (TPSA) is 93.9 Å². The minimum Gasteiger partial charge on any atom is -0.507 e. The number of aliphatic hydroxyl groups excluding tert-OH is 1. The van der Waals surface area contributed by atoms with Crippen LogP contribution in [0.1, 0.15) is 43.4 Å². The molecule has 1 fully saturated rings. The molecule has 0 bridgehead atoms. The number of ketones is 1. The summed E-state index contributed by atoms with van der Waals surface area (Å²) in [6.07, 6.45) is 9.44. The zero-order valence-corrected chi connectivity index (χ0v) is 21.6. The molecule has 0 radical (unpaired) electrons. The number of rotatable bonds is 13. The van der Waals surface area contributed by atoms with Gasteiger partial charge in [0.2, 0.25) is 0 Å². The fourth-order valence-corrected chi connectivity index (χ4v) is 4.42. The Morgan fingerprint density at radius 2 is 1.89 bits per heavy atom. The molecular formula is C30H33N3O5. The molecular weight excluding hydrogens is 482 g/mol. The van der Waals surface area contributed by atoms with Gasteiger partial charge in [0.05, 0.1) is 24.5 Å². The molecule has 198 valence electrons. The third-order valence-electron chi connectivity index (χ3n) is 6.35. The van der Waals surface area contributed by atoms with E-state index in [1.807, 2.05) is 22.9 Å². The van der Waals surface area contributed by atoms with Crippen molar-refractivity contribution in [2.45, 2.75) is 38.8 Å². The Morgan fingerprint density at radius 3 is 2.61 bits per heavy atom. The van der Waals surface area contributed by atoms with Gasteiger partial charge < -0.3 is 24.0 Å². The van der Waals surface area contributed by atoms with E-state index in [0.717, 1.165) is 12.8 Å². The monoisotopic (exact) mass is 515 g/mol. The van der Waals surface area contributed by atoms with Crippen molar-refractivity contribution in [3.05, 3.63) is 96.6 Å². The summed E-state index contributed by atoms with van der Waals surface area (Å²) in [6.45, 7) is 7.64. The molecule has 8 heteroatoms. The van der Waals surface area contributed by atoms with Crippen molar-refractivity contribution in [1.82, 2.24) is 14.5 Å². The van der Waals surface area contributed by atoms with Gasteiger partial charge >= 0.3 is 0 Å². The van der Waals surface area contributed by atoms with Crippen molar-refractivity contribution in [3.8, 4) is 11.5 Å². The quantitative estimate of drug-likeness (QED) is 0.111. The molecule has 1 N–H and O–H groups in total. The molecule has 4 rings (SSSR count). The number of Topliss-reactive ketones (excluding diaryl/α,β-unsaturated/α-hetero) is 1. The van der Waals surface area contributed by atoms with Crippen LogP contribution in [0.15, 0.2) is 85.5 Å². The highest BCUT2D eigenvalue weighted by Gasteiger charge is 2.45. The van der Waals surface area contributed by atoms with Crippen molar-refractivity contribution in [3.63, 3.8) is 0 Å². The van der Waals surface area contributed by atoms with Gasteiger partial charge in [-0.3, -0.25) is 9.59 Å². The van der Waals surface area contributed by atoms with Gasteiger partial charge in [0.25, 0.3) is 11.7 Å². The lowest BCUT2D eigenvalue weighted by Crippen LogP contribution is -2.31. The van der Waals surface area contributed by atoms with Crippen LogP contribution in [0.2, 0.25) is 0 Å². The Kier molecular flexibility index (Phi) is 8.98. The third-order valence-corrected chi connectivity index (χ3v) is 6.35. The predicted molar refractivity (Wildman–Crippen MR) is 145 cm³/mol. The number of hydrogen-bond acceptors (Lipinski definition) is 6. The van der Waals surface area contributed by atoms with Gasteiger partial charge in [0.15, 0.2) is 0 Å². The van der Waals surface area contributed by atoms with Crippen LogP contribution in [0.25, 0.3) is 5.76 Å². The van der Waals surface area contributed by atoms with E-state index in [1.54, 1.807) is 55.0 Å². The van der Waals surface area contributed by atoms with E-state index < -0.39 is 17.7 Å². The number of unbranched alkanes of at least 4 members (excludes halogenated alkanes) is 1. The molecule has 1 atom stereocenters. The number of likely N-dealkylation sites (tertiary alicyclic amines) is 1. The largest absolute Gasteiger partial charge is 0.507 e. The van der Waals surface area contributed by atoms with Crippen LogP contribution in [-0.2, 0) is 16.1 Å². The number of hydrogen-bond donors (Lipinski definition) is 1. The second-order valence-electron chi connectivity index (χ2n) is 9.05. The lowest BCUT2D eigenvalue weighted by molar-refractivity contribution is -0.139. The SMILES string of the molecule is C=CCOc1ccc(C2C(=C(O)c3cccc(OCCCC)c3)C(=O)C(=O)N2CCCn2ccnc2)cc1. The lowest BCUT2D eigenvalue weighted by atomic mass is 9.95. The van der Waals surface area contributed by atoms with E-state index in [0.29, 0.717) is 55.4 Å². The van der Waals surface area contributed by atoms with E-state index in [2.05, 4.69) is 18.5 Å². The van der Waals surface area contributed by atoms with E-state index >= 15 is 0 Å². The summed E-state index contributed by atoms with van der Waals surface area (Å²) in [6, 6.07) is 13.4. The zero-order chi connectivity index (χ0) is 26.9. The highest BCUT2D eigenvalue weighted by Crippen LogP contribution is 2.40. The smallest absolute Gasteiger partial charge is 0.295 e. The highest BCUT2D eigenvalue weighted by atomic mass is 16.5. The van der Waals surface area contributed by atoms with Crippen molar-refractivity contribution in [2.75, 3.05) is 19.8 Å². The number of aliphatic hydroxyl groups is 1. The molecule has 0 aliphatic carbocycles. The minimum atomic E-state index is -0.740. The zero-order valence-electron chi connectivity index (χ0n) is 21.6. The summed E-state index contributed by atoms with van der Waals surface area (Å²) in [7, 11) is 0. The third kappa shape index (κ3) is 6.14. The first-order chi connectivity index (χ1) is 18.5. The molecule has 2 aromatic carbocycles. The second-order valence-corrected chi connectivity index (χ2v) is 9.05. The summed E-state index contributed by atoms with van der Waals surface area (Å²) < 4.78 is 13.3. The van der Waals surface area contributed by atoms with E-state index in [4.69, 9.17) is 9.47 Å². The maximum Gasteiger partial charge on any atom is 0.295 e. The van der Waals surface area contributed by atoms with Gasteiger partial charge in [-0.2, -0.15) is 0 Å². The molecule has 1 aromatic heterocycles. The molecule has 1 aliphatic rings. The van der Waals surface area contributed by atoms with E-state index in [1.165, 1.54) is 4.90 Å². The number of amides is 1. The number of carbonyl (C=O) groups is 2. The van der Waals surface area contributed by atoms with Crippen LogP contribution in [0, 0.1) is 0 Å². The van der Waals surface area contributed by atoms with Crippen molar-refractivity contribution < 1.29 is 24.2 Å². The van der Waals surface area contributed by atoms with Crippen LogP contribution in [0.5, 0.6) is 11.5 Å². The molecule has 1 unspecified atom stereocenters. The predicted octanol–water partition coefficient (Wildman–Crippen LogP) is 5.14. The molecule has 0 saturated carbocycles. The molecule has 1 saturated heterocycles. The first-order valence-corrected chi connectivity index (χ1v) is 12.8. The van der Waals surface area contributed by atoms with Gasteiger partial charge in [0.1, 0.15) is 23.9 Å². The molecule has 0 spiro atoms. The Labute approximate surface area is 222 Å².